The van der Waals surface area contributed by atoms with E-state index >= 15 is 8.78 Å². The molecule has 0 saturated carbocycles. The number of halogens is 4. The first-order valence-corrected chi connectivity index (χ1v) is 11.6. The molecular formula is C25H25F4N3O5. The Morgan fingerprint density at radius 2 is 1.73 bits per heavy atom. The number of benzene rings is 2. The molecule has 2 aromatic rings. The third-order valence-electron chi connectivity index (χ3n) is 6.66. The normalized spacial score (nSPS) is 21.6. The number of hydrogen-bond donors (Lipinski definition) is 1. The van der Waals surface area contributed by atoms with Crippen LogP contribution in [-0.2, 0) is 9.59 Å². The van der Waals surface area contributed by atoms with Gasteiger partial charge in [-0.1, -0.05) is 0 Å². The number of likely N-dealkylation sites (N-methyl/N-ethyl adjacent to an activating group) is 1. The number of carbonyl (C=O) groups is 3. The molecule has 0 bridgehead atoms. The molecule has 2 aliphatic rings. The van der Waals surface area contributed by atoms with Crippen LogP contribution in [-0.4, -0.2) is 73.0 Å². The number of methoxy groups -OCH3 is 1. The zero-order valence-corrected chi connectivity index (χ0v) is 20.0. The highest BCUT2D eigenvalue weighted by Gasteiger charge is 2.50. The highest BCUT2D eigenvalue weighted by molar-refractivity contribution is 6.00. The van der Waals surface area contributed by atoms with E-state index in [1.807, 2.05) is 0 Å². The standard InChI is InChI=1S/C25H25F4N3O5/c1-3-31-9-8-19(23(31)34)32-12-16(20-17(26)10-15(36-2)11-18(20)27)21(24(32)35)30-22(33)13-4-6-14(7-5-13)37-25(28)29/h4-7,10-11,16,19,21,25H,3,8-9,12H2,1-2H3,(H,30,33)/t16-,19?,21-/m0/s1. The van der Waals surface area contributed by atoms with Crippen molar-refractivity contribution >= 4 is 17.7 Å². The molecule has 0 aliphatic carbocycles. The largest absolute Gasteiger partial charge is 0.497 e. The maximum absolute atomic E-state index is 15.0. The monoisotopic (exact) mass is 523 g/mol. The summed E-state index contributed by atoms with van der Waals surface area (Å²) in [5, 5.41) is 2.52. The van der Waals surface area contributed by atoms with Gasteiger partial charge in [0.2, 0.25) is 11.8 Å². The lowest BCUT2D eigenvalue weighted by Gasteiger charge is -2.23. The van der Waals surface area contributed by atoms with Gasteiger partial charge in [-0.15, -0.1) is 0 Å². The van der Waals surface area contributed by atoms with Gasteiger partial charge >= 0.3 is 6.61 Å². The van der Waals surface area contributed by atoms with Crippen LogP contribution in [0.25, 0.3) is 0 Å². The van der Waals surface area contributed by atoms with E-state index in [1.54, 1.807) is 11.8 Å². The van der Waals surface area contributed by atoms with Gasteiger partial charge in [0.25, 0.3) is 5.91 Å². The van der Waals surface area contributed by atoms with Gasteiger partial charge in [-0.2, -0.15) is 8.78 Å². The summed E-state index contributed by atoms with van der Waals surface area (Å²) in [5.41, 5.74) is -0.406. The second-order valence-corrected chi connectivity index (χ2v) is 8.68. The first-order valence-electron chi connectivity index (χ1n) is 11.6. The van der Waals surface area contributed by atoms with E-state index < -0.39 is 53.6 Å². The lowest BCUT2D eigenvalue weighted by molar-refractivity contribution is -0.140. The first kappa shape index (κ1) is 26.2. The number of rotatable bonds is 8. The van der Waals surface area contributed by atoms with E-state index in [1.165, 1.54) is 24.1 Å². The maximum Gasteiger partial charge on any atom is 0.387 e. The summed E-state index contributed by atoms with van der Waals surface area (Å²) in [5.74, 6) is -4.99. The smallest absolute Gasteiger partial charge is 0.387 e. The molecule has 8 nitrogen and oxygen atoms in total. The molecule has 2 aromatic carbocycles. The number of carbonyl (C=O) groups excluding carboxylic acids is 3. The molecule has 0 radical (unpaired) electrons. The molecule has 1 unspecified atom stereocenters. The number of hydrogen-bond acceptors (Lipinski definition) is 5. The number of likely N-dealkylation sites (tertiary alicyclic amines) is 2. The first-order chi connectivity index (χ1) is 17.6. The molecule has 4 rings (SSSR count). The molecule has 2 fully saturated rings. The zero-order chi connectivity index (χ0) is 26.9. The van der Waals surface area contributed by atoms with E-state index in [-0.39, 0.29) is 29.5 Å². The van der Waals surface area contributed by atoms with E-state index in [2.05, 4.69) is 10.1 Å². The minimum Gasteiger partial charge on any atom is -0.497 e. The van der Waals surface area contributed by atoms with Crippen molar-refractivity contribution in [3.05, 3.63) is 59.2 Å². The summed E-state index contributed by atoms with van der Waals surface area (Å²) >= 11 is 0. The van der Waals surface area contributed by atoms with Crippen molar-refractivity contribution < 1.29 is 41.4 Å². The van der Waals surface area contributed by atoms with Gasteiger partial charge in [-0.3, -0.25) is 14.4 Å². The van der Waals surface area contributed by atoms with Gasteiger partial charge in [-0.25, -0.2) is 8.78 Å². The predicted molar refractivity (Wildman–Crippen MR) is 122 cm³/mol. The van der Waals surface area contributed by atoms with Crippen LogP contribution in [0.5, 0.6) is 11.5 Å². The Labute approximate surface area is 210 Å². The molecule has 37 heavy (non-hydrogen) atoms. The van der Waals surface area contributed by atoms with Crippen LogP contribution < -0.4 is 14.8 Å². The van der Waals surface area contributed by atoms with E-state index in [0.29, 0.717) is 19.5 Å². The number of nitrogens with zero attached hydrogens (tertiary/aromatic N) is 2. The molecule has 0 aromatic heterocycles. The Morgan fingerprint density at radius 3 is 2.27 bits per heavy atom. The lowest BCUT2D eigenvalue weighted by Crippen LogP contribution is -2.47. The van der Waals surface area contributed by atoms with Crippen molar-refractivity contribution in [3.8, 4) is 11.5 Å². The highest BCUT2D eigenvalue weighted by atomic mass is 19.3. The van der Waals surface area contributed by atoms with Crippen LogP contribution in [0, 0.1) is 11.6 Å². The summed E-state index contributed by atoms with van der Waals surface area (Å²) in [6.07, 6.45) is 0.352. The average molecular weight is 523 g/mol. The Hall–Kier alpha value is -3.83. The summed E-state index contributed by atoms with van der Waals surface area (Å²) in [6, 6.07) is 4.50. The fourth-order valence-corrected chi connectivity index (χ4v) is 4.83. The Kier molecular flexibility index (Phi) is 7.55. The number of alkyl halides is 2. The minimum absolute atomic E-state index is 0.0105. The van der Waals surface area contributed by atoms with Gasteiger partial charge in [0.05, 0.1) is 7.11 Å². The molecule has 0 spiro atoms. The van der Waals surface area contributed by atoms with Crippen molar-refractivity contribution in [1.82, 2.24) is 15.1 Å². The quantitative estimate of drug-likeness (QED) is 0.538. The van der Waals surface area contributed by atoms with Crippen LogP contribution in [0.3, 0.4) is 0 Å². The maximum atomic E-state index is 15.0. The SMILES string of the molecule is CCN1CCC(N2C[C@@H](c3c(F)cc(OC)cc3F)[C@H](NC(=O)c3ccc(OC(F)F)cc3)C2=O)C1=O. The van der Waals surface area contributed by atoms with Crippen LogP contribution in [0.15, 0.2) is 36.4 Å². The predicted octanol–water partition coefficient (Wildman–Crippen LogP) is 2.92. The fourth-order valence-electron chi connectivity index (χ4n) is 4.83. The number of nitrogens with one attached hydrogen (secondary N) is 1. The third-order valence-corrected chi connectivity index (χ3v) is 6.66. The summed E-state index contributed by atoms with van der Waals surface area (Å²) < 4.78 is 64.1. The summed E-state index contributed by atoms with van der Waals surface area (Å²) in [7, 11) is 1.25. The molecule has 2 heterocycles. The van der Waals surface area contributed by atoms with Crippen molar-refractivity contribution in [1.29, 1.82) is 0 Å². The van der Waals surface area contributed by atoms with Crippen LogP contribution in [0.1, 0.15) is 35.2 Å². The van der Waals surface area contributed by atoms with Crippen LogP contribution in [0.2, 0.25) is 0 Å². The van der Waals surface area contributed by atoms with E-state index in [4.69, 9.17) is 4.74 Å². The molecule has 3 atom stereocenters. The number of ether oxygens (including phenoxy) is 2. The van der Waals surface area contributed by atoms with E-state index in [0.717, 1.165) is 24.3 Å². The fraction of sp³-hybridized carbons (Fsp3) is 0.400. The molecule has 1 N–H and O–H groups in total. The molecular weight excluding hydrogens is 498 g/mol. The second-order valence-electron chi connectivity index (χ2n) is 8.68. The van der Waals surface area contributed by atoms with Gasteiger partial charge in [-0.05, 0) is 37.6 Å². The third kappa shape index (κ3) is 5.18. The minimum atomic E-state index is -3.04. The van der Waals surface area contributed by atoms with Crippen LogP contribution >= 0.6 is 0 Å². The van der Waals surface area contributed by atoms with Crippen molar-refractivity contribution in [2.24, 2.45) is 0 Å². The van der Waals surface area contributed by atoms with Gasteiger partial charge in [0.1, 0.15) is 35.2 Å². The van der Waals surface area contributed by atoms with Crippen molar-refractivity contribution in [3.63, 3.8) is 0 Å². The Balaban J connectivity index is 1.65. The Morgan fingerprint density at radius 1 is 1.08 bits per heavy atom. The zero-order valence-electron chi connectivity index (χ0n) is 20.0. The molecule has 2 saturated heterocycles. The lowest BCUT2D eigenvalue weighted by atomic mass is 9.92. The second kappa shape index (κ2) is 10.7. The molecule has 12 heteroatoms. The number of amides is 3. The molecule has 3 amide bonds. The van der Waals surface area contributed by atoms with Gasteiger partial charge < -0.3 is 24.6 Å². The van der Waals surface area contributed by atoms with Gasteiger partial charge in [0.15, 0.2) is 0 Å². The summed E-state index contributed by atoms with van der Waals surface area (Å²) in [6.45, 7) is -0.548. The Bertz CT molecular complexity index is 1170. The molecule has 2 aliphatic heterocycles. The van der Waals surface area contributed by atoms with Crippen molar-refractivity contribution in [2.45, 2.75) is 38.0 Å². The summed E-state index contributed by atoms with van der Waals surface area (Å²) in [4.78, 5) is 42.1. The topological polar surface area (TPSA) is 88.2 Å². The van der Waals surface area contributed by atoms with Crippen molar-refractivity contribution in [2.75, 3.05) is 26.7 Å². The van der Waals surface area contributed by atoms with E-state index in [9.17, 15) is 23.2 Å². The highest BCUT2D eigenvalue weighted by Crippen LogP contribution is 2.36. The van der Waals surface area contributed by atoms with Gasteiger partial charge in [0, 0.05) is 48.8 Å². The molecule has 198 valence electrons. The van der Waals surface area contributed by atoms with Crippen LogP contribution in [0.4, 0.5) is 17.6 Å². The average Bonchev–Trinajstić information content (AvgIpc) is 3.37.